The van der Waals surface area contributed by atoms with E-state index in [2.05, 4.69) is 0 Å². The van der Waals surface area contributed by atoms with Gasteiger partial charge in [0.25, 0.3) is 5.91 Å². The minimum absolute atomic E-state index is 0.0185. The Hall–Kier alpha value is -2.28. The van der Waals surface area contributed by atoms with Crippen LogP contribution in [0.2, 0.25) is 0 Å². The number of carbonyl (C=O) groups excluding carboxylic acids is 1. The number of carbonyl (C=O) groups is 1. The van der Waals surface area contributed by atoms with E-state index in [1.54, 1.807) is 18.2 Å². The largest absolute Gasteiger partial charge is 0.469 e. The Kier molecular flexibility index (Phi) is 4.13. The third-order valence-electron chi connectivity index (χ3n) is 4.02. The molecule has 1 heterocycles. The zero-order chi connectivity index (χ0) is 17.5. The van der Waals surface area contributed by atoms with Crippen molar-refractivity contribution in [3.05, 3.63) is 58.2 Å². The summed E-state index contributed by atoms with van der Waals surface area (Å²) < 4.78 is 26.3. The summed E-state index contributed by atoms with van der Waals surface area (Å²) in [6.07, 6.45) is 1.59. The highest BCUT2D eigenvalue weighted by Crippen LogP contribution is 2.63. The fourth-order valence-electron chi connectivity index (χ4n) is 2.97. The van der Waals surface area contributed by atoms with Gasteiger partial charge in [-0.05, 0) is 42.2 Å². The number of rotatable bonds is 4. The van der Waals surface area contributed by atoms with Gasteiger partial charge in [-0.2, -0.15) is 0 Å². The number of primary amides is 1. The molecule has 126 valence electrons. The van der Waals surface area contributed by atoms with Crippen molar-refractivity contribution in [2.75, 3.05) is 6.61 Å². The maximum atomic E-state index is 10.9. The number of hydrogen-bond donors (Lipinski definition) is 3. The molecule has 1 aliphatic heterocycles. The molecule has 5 nitrogen and oxygen atoms in total. The van der Waals surface area contributed by atoms with Gasteiger partial charge in [-0.25, -0.2) is 0 Å². The van der Waals surface area contributed by atoms with Gasteiger partial charge < -0.3 is 10.5 Å². The van der Waals surface area contributed by atoms with E-state index in [0.717, 1.165) is 22.3 Å². The highest BCUT2D eigenvalue weighted by Gasteiger charge is 2.34. The van der Waals surface area contributed by atoms with Crippen LogP contribution >= 0.6 is 10.6 Å². The molecule has 0 unspecified atom stereocenters. The molecule has 0 saturated carbocycles. The van der Waals surface area contributed by atoms with Crippen molar-refractivity contribution in [2.45, 2.75) is 18.7 Å². The Bertz CT molecular complexity index is 838. The van der Waals surface area contributed by atoms with Crippen molar-refractivity contribution >= 4 is 22.6 Å². The van der Waals surface area contributed by atoms with Crippen molar-refractivity contribution in [3.8, 4) is 11.1 Å². The summed E-state index contributed by atoms with van der Waals surface area (Å²) in [6.45, 7) is 3.64. The fraction of sp³-hybridized carbons (Fsp3) is 0.167. The lowest BCUT2D eigenvalue weighted by molar-refractivity contribution is -0.120. The number of ether oxygens (including phenoxy) is 1. The van der Waals surface area contributed by atoms with Crippen LogP contribution in [0, 0.1) is 13.8 Å². The summed E-state index contributed by atoms with van der Waals surface area (Å²) in [5.41, 5.74) is 9.93. The average molecular weight is 345 g/mol. The molecule has 0 bridgehead atoms. The third-order valence-corrected chi connectivity index (χ3v) is 5.79. The van der Waals surface area contributed by atoms with Crippen molar-refractivity contribution in [2.24, 2.45) is 5.73 Å². The average Bonchev–Trinajstić information content (AvgIpc) is 2.77. The lowest BCUT2D eigenvalue weighted by atomic mass is 9.92. The van der Waals surface area contributed by atoms with E-state index in [1.165, 1.54) is 0 Å². The molecule has 4 N–H and O–H groups in total. The predicted molar refractivity (Wildman–Crippen MR) is 95.6 cm³/mol. The highest BCUT2D eigenvalue weighted by molar-refractivity contribution is 8.27. The van der Waals surface area contributed by atoms with Crippen molar-refractivity contribution in [3.63, 3.8) is 0 Å². The van der Waals surface area contributed by atoms with Gasteiger partial charge in [0.1, 0.15) is 0 Å². The van der Waals surface area contributed by atoms with Crippen molar-refractivity contribution in [1.82, 2.24) is 0 Å². The fourth-order valence-corrected chi connectivity index (χ4v) is 4.44. The van der Waals surface area contributed by atoms with Crippen LogP contribution < -0.4 is 5.73 Å². The minimum atomic E-state index is -3.27. The molecule has 0 aliphatic carbocycles. The first-order valence-corrected chi connectivity index (χ1v) is 8.97. The molecule has 0 fully saturated rings. The molecule has 1 amide bonds. The Balaban J connectivity index is 2.15. The van der Waals surface area contributed by atoms with Gasteiger partial charge in [0.05, 0.1) is 4.90 Å². The van der Waals surface area contributed by atoms with E-state index in [1.807, 2.05) is 38.1 Å². The van der Waals surface area contributed by atoms with Crippen LogP contribution in [0.5, 0.6) is 0 Å². The van der Waals surface area contributed by atoms with Crippen LogP contribution in [0.15, 0.2) is 46.4 Å². The van der Waals surface area contributed by atoms with Gasteiger partial charge in [-0.1, -0.05) is 30.3 Å². The van der Waals surface area contributed by atoms with E-state index in [9.17, 15) is 13.9 Å². The second-order valence-corrected chi connectivity index (χ2v) is 7.69. The normalized spacial score (nSPS) is 16.2. The number of benzene rings is 2. The van der Waals surface area contributed by atoms with Crippen molar-refractivity contribution < 1.29 is 18.6 Å². The first kappa shape index (κ1) is 16.6. The molecule has 2 aromatic rings. The lowest BCUT2D eigenvalue weighted by Gasteiger charge is -2.30. The molecule has 0 radical (unpaired) electrons. The van der Waals surface area contributed by atoms with Gasteiger partial charge in [0.2, 0.25) is 5.09 Å². The first-order valence-electron chi connectivity index (χ1n) is 7.43. The lowest BCUT2D eigenvalue weighted by Crippen LogP contribution is -2.18. The topological polar surface area (TPSA) is 92.8 Å². The Labute approximate surface area is 142 Å². The number of fused-ring (bicyclic) bond motifs is 1. The zero-order valence-electron chi connectivity index (χ0n) is 13.4. The second-order valence-electron chi connectivity index (χ2n) is 5.75. The van der Waals surface area contributed by atoms with Gasteiger partial charge in [0.15, 0.2) is 6.61 Å². The van der Waals surface area contributed by atoms with E-state index in [4.69, 9.17) is 10.5 Å². The molecule has 0 aromatic heterocycles. The second kappa shape index (κ2) is 5.98. The number of hydrogen-bond acceptors (Lipinski definition) is 4. The van der Waals surface area contributed by atoms with Crippen LogP contribution in [0.25, 0.3) is 17.2 Å². The predicted octanol–water partition coefficient (Wildman–Crippen LogP) is 3.89. The number of aryl methyl sites for hydroxylation is 2. The minimum Gasteiger partial charge on any atom is -0.469 e. The molecular formula is C18H19NO4S. The van der Waals surface area contributed by atoms with E-state index < -0.39 is 23.1 Å². The molecule has 24 heavy (non-hydrogen) atoms. The van der Waals surface area contributed by atoms with Crippen LogP contribution in [0.1, 0.15) is 16.7 Å². The van der Waals surface area contributed by atoms with Crippen LogP contribution in [0.4, 0.5) is 0 Å². The summed E-state index contributed by atoms with van der Waals surface area (Å²) in [4.78, 5) is 11.3. The summed E-state index contributed by atoms with van der Waals surface area (Å²) in [7, 11) is -3.27. The molecule has 0 spiro atoms. The van der Waals surface area contributed by atoms with Gasteiger partial charge >= 0.3 is 0 Å². The summed E-state index contributed by atoms with van der Waals surface area (Å²) >= 11 is 0. The Morgan fingerprint density at radius 1 is 1.12 bits per heavy atom. The summed E-state index contributed by atoms with van der Waals surface area (Å²) in [5.74, 6) is -0.669. The highest BCUT2D eigenvalue weighted by atomic mass is 32.3. The molecule has 6 heteroatoms. The number of amides is 1. The first-order chi connectivity index (χ1) is 11.3. The quantitative estimate of drug-likeness (QED) is 0.783. The van der Waals surface area contributed by atoms with E-state index in [-0.39, 0.29) is 5.09 Å². The third kappa shape index (κ3) is 2.69. The molecule has 0 saturated heterocycles. The maximum absolute atomic E-state index is 10.9. The van der Waals surface area contributed by atoms with Crippen LogP contribution in [-0.4, -0.2) is 21.6 Å². The smallest absolute Gasteiger partial charge is 0.255 e. The molecule has 3 rings (SSSR count). The van der Waals surface area contributed by atoms with E-state index in [0.29, 0.717) is 10.5 Å². The van der Waals surface area contributed by atoms with Crippen molar-refractivity contribution in [1.29, 1.82) is 0 Å². The van der Waals surface area contributed by atoms with Gasteiger partial charge in [-0.15, -0.1) is 10.6 Å². The van der Waals surface area contributed by atoms with E-state index >= 15 is 0 Å². The van der Waals surface area contributed by atoms with Crippen LogP contribution in [0.3, 0.4) is 0 Å². The zero-order valence-corrected chi connectivity index (χ0v) is 14.3. The Morgan fingerprint density at radius 3 is 2.38 bits per heavy atom. The monoisotopic (exact) mass is 345 g/mol. The maximum Gasteiger partial charge on any atom is 0.255 e. The molecular weight excluding hydrogens is 326 g/mol. The molecule has 1 aliphatic rings. The molecule has 2 aromatic carbocycles. The van der Waals surface area contributed by atoms with Gasteiger partial charge in [-0.3, -0.25) is 13.9 Å². The van der Waals surface area contributed by atoms with Gasteiger partial charge in [0, 0.05) is 11.6 Å². The summed E-state index contributed by atoms with van der Waals surface area (Å²) in [6, 6.07) is 11.4. The summed E-state index contributed by atoms with van der Waals surface area (Å²) in [5, 5.41) is -0.0185. The van der Waals surface area contributed by atoms with Crippen LogP contribution in [-0.2, 0) is 9.53 Å². The SMILES string of the molecule is Cc1cccc(C)c1-c1cccc2c1C=C(OCC(N)=O)S2(O)O. The Morgan fingerprint density at radius 2 is 1.75 bits per heavy atom. The standard InChI is InChI=1S/C18H19NO4S/c1-11-5-3-6-12(2)18(11)13-7-4-8-15-14(13)9-17(24(15,21)22)23-10-16(19)20/h3-9,21-22H,10H2,1-2H3,(H2,19,20). The number of nitrogens with two attached hydrogens (primary N) is 1. The molecule has 0 atom stereocenters.